The number of nitro groups is 1. The molecule has 3 aromatic rings. The highest BCUT2D eigenvalue weighted by Gasteiger charge is 2.39. The van der Waals surface area contributed by atoms with E-state index in [1.807, 2.05) is 0 Å². The first-order chi connectivity index (χ1) is 18.9. The average molecular weight is 607 g/mol. The van der Waals surface area contributed by atoms with Gasteiger partial charge in [-0.15, -0.1) is 5.10 Å². The molecule has 0 saturated carbocycles. The number of nitro benzene ring substituents is 1. The van der Waals surface area contributed by atoms with Crippen LogP contribution in [0.5, 0.6) is 0 Å². The van der Waals surface area contributed by atoms with E-state index >= 15 is 0 Å². The minimum absolute atomic E-state index is 0.0509. The van der Waals surface area contributed by atoms with Crippen molar-refractivity contribution in [3.05, 3.63) is 86.0 Å². The molecule has 40 heavy (non-hydrogen) atoms. The van der Waals surface area contributed by atoms with E-state index in [0.717, 1.165) is 29.3 Å². The van der Waals surface area contributed by atoms with Gasteiger partial charge in [-0.05, 0) is 48.9 Å². The van der Waals surface area contributed by atoms with Crippen LogP contribution in [0.1, 0.15) is 22.3 Å². The van der Waals surface area contributed by atoms with Crippen LogP contribution in [0.15, 0.2) is 64.7 Å². The van der Waals surface area contributed by atoms with E-state index < -0.39 is 32.9 Å². The number of aromatic nitrogens is 1. The highest BCUT2D eigenvalue weighted by molar-refractivity contribution is 7.87. The number of pyridine rings is 1. The molecule has 208 valence electrons. The third kappa shape index (κ3) is 5.98. The standard InChI is InChI=1S/C24H20Cl2N6O7S/c1-13-10-14(25)11-17(23(33)27-2)21(13)29-24(34)19-12-20(30-31(19)22-18(26)4-3-9-28-22)39-40(37,38)16-7-5-15(6-8-16)32(35)36/h3-11,19H,12H2,1-2H3,(H,27,33)(H,29,34). The van der Waals surface area contributed by atoms with Gasteiger partial charge in [-0.25, -0.2) is 9.99 Å². The summed E-state index contributed by atoms with van der Waals surface area (Å²) in [6.07, 6.45) is 1.08. The molecule has 2 heterocycles. The monoisotopic (exact) mass is 606 g/mol. The molecule has 2 N–H and O–H groups in total. The summed E-state index contributed by atoms with van der Waals surface area (Å²) in [6.45, 7) is 1.65. The highest BCUT2D eigenvalue weighted by Crippen LogP contribution is 2.32. The predicted octanol–water partition coefficient (Wildman–Crippen LogP) is 3.90. The molecule has 0 radical (unpaired) electrons. The van der Waals surface area contributed by atoms with Gasteiger partial charge >= 0.3 is 10.1 Å². The highest BCUT2D eigenvalue weighted by atomic mass is 35.5. The first kappa shape index (κ1) is 28.7. The van der Waals surface area contributed by atoms with Gasteiger partial charge in [0.1, 0.15) is 10.9 Å². The molecule has 16 heteroatoms. The van der Waals surface area contributed by atoms with E-state index in [-0.39, 0.29) is 50.0 Å². The lowest BCUT2D eigenvalue weighted by molar-refractivity contribution is -0.384. The van der Waals surface area contributed by atoms with E-state index in [0.29, 0.717) is 5.56 Å². The van der Waals surface area contributed by atoms with Gasteiger partial charge in [0.15, 0.2) is 5.82 Å². The number of hydrogen-bond acceptors (Lipinski definition) is 10. The van der Waals surface area contributed by atoms with Crippen LogP contribution in [0.25, 0.3) is 0 Å². The van der Waals surface area contributed by atoms with Crippen LogP contribution in [-0.4, -0.2) is 49.1 Å². The van der Waals surface area contributed by atoms with Crippen LogP contribution in [-0.2, 0) is 19.1 Å². The first-order valence-corrected chi connectivity index (χ1v) is 13.6. The zero-order chi connectivity index (χ0) is 29.2. The quantitative estimate of drug-likeness (QED) is 0.229. The Morgan fingerprint density at radius 1 is 1.18 bits per heavy atom. The van der Waals surface area contributed by atoms with Crippen LogP contribution >= 0.6 is 23.2 Å². The van der Waals surface area contributed by atoms with Crippen LogP contribution in [0, 0.1) is 17.0 Å². The number of non-ortho nitro benzene ring substituents is 1. The molecule has 1 unspecified atom stereocenters. The molecule has 1 aliphatic rings. The van der Waals surface area contributed by atoms with E-state index in [1.165, 1.54) is 25.4 Å². The van der Waals surface area contributed by atoms with Crippen LogP contribution in [0.4, 0.5) is 17.2 Å². The molecule has 0 fully saturated rings. The topological polar surface area (TPSA) is 173 Å². The number of halogens is 2. The maximum Gasteiger partial charge on any atom is 0.340 e. The number of anilines is 2. The lowest BCUT2D eigenvalue weighted by Gasteiger charge is -2.23. The van der Waals surface area contributed by atoms with E-state index in [9.17, 15) is 28.1 Å². The summed E-state index contributed by atoms with van der Waals surface area (Å²) >= 11 is 12.4. The minimum atomic E-state index is -4.48. The number of aryl methyl sites for hydroxylation is 1. The van der Waals surface area contributed by atoms with Gasteiger partial charge in [-0.1, -0.05) is 23.2 Å². The summed E-state index contributed by atoms with van der Waals surface area (Å²) in [7, 11) is -3.05. The zero-order valence-electron chi connectivity index (χ0n) is 20.8. The number of amides is 2. The number of carbonyl (C=O) groups excluding carboxylic acids is 2. The predicted molar refractivity (Wildman–Crippen MR) is 147 cm³/mol. The van der Waals surface area contributed by atoms with Crippen LogP contribution < -0.4 is 15.6 Å². The minimum Gasteiger partial charge on any atom is -0.361 e. The zero-order valence-corrected chi connectivity index (χ0v) is 23.1. The van der Waals surface area contributed by atoms with Crippen molar-refractivity contribution in [2.45, 2.75) is 24.3 Å². The van der Waals surface area contributed by atoms with Gasteiger partial charge in [0, 0.05) is 30.4 Å². The van der Waals surface area contributed by atoms with Crippen molar-refractivity contribution in [1.82, 2.24) is 10.3 Å². The molecule has 1 aromatic heterocycles. The molecule has 2 amide bonds. The Morgan fingerprint density at radius 2 is 1.88 bits per heavy atom. The molecular formula is C24H20Cl2N6O7S. The normalized spacial score (nSPS) is 14.8. The third-order valence-electron chi connectivity index (χ3n) is 5.70. The smallest absolute Gasteiger partial charge is 0.340 e. The number of benzene rings is 2. The average Bonchev–Trinajstić information content (AvgIpc) is 3.32. The summed E-state index contributed by atoms with van der Waals surface area (Å²) in [5.41, 5.74) is 0.490. The molecule has 1 atom stereocenters. The largest absolute Gasteiger partial charge is 0.361 e. The van der Waals surface area contributed by atoms with Gasteiger partial charge < -0.3 is 14.8 Å². The summed E-state index contributed by atoms with van der Waals surface area (Å²) in [5, 5.41) is 21.8. The molecule has 0 saturated heterocycles. The number of hydrazone groups is 1. The summed E-state index contributed by atoms with van der Waals surface area (Å²) in [4.78, 5) is 40.1. The van der Waals surface area contributed by atoms with Gasteiger partial charge in [0.05, 0.1) is 27.6 Å². The van der Waals surface area contributed by atoms with Gasteiger partial charge in [-0.2, -0.15) is 8.42 Å². The van der Waals surface area contributed by atoms with Crippen LogP contribution in [0.3, 0.4) is 0 Å². The number of hydrogen-bond donors (Lipinski definition) is 2. The lowest BCUT2D eigenvalue weighted by atomic mass is 10.1. The van der Waals surface area contributed by atoms with Crippen molar-refractivity contribution in [3.63, 3.8) is 0 Å². The molecule has 2 aromatic carbocycles. The van der Waals surface area contributed by atoms with E-state index in [1.54, 1.807) is 19.1 Å². The second-order valence-electron chi connectivity index (χ2n) is 8.37. The summed E-state index contributed by atoms with van der Waals surface area (Å²) in [6, 6.07) is 8.90. The van der Waals surface area contributed by atoms with Gasteiger partial charge in [-0.3, -0.25) is 19.7 Å². The second-order valence-corrected chi connectivity index (χ2v) is 10.8. The maximum absolute atomic E-state index is 13.6. The molecular weight excluding hydrogens is 587 g/mol. The Balaban J connectivity index is 1.67. The van der Waals surface area contributed by atoms with Crippen molar-refractivity contribution < 1.29 is 27.1 Å². The fraction of sp³-hybridized carbons (Fsp3) is 0.167. The SMILES string of the molecule is CNC(=O)c1cc(Cl)cc(C)c1NC(=O)C1CC(OS(=O)(=O)c2ccc([N+](=O)[O-])cc2)=NN1c1ncccc1Cl. The Hall–Kier alpha value is -4.27. The Morgan fingerprint density at radius 3 is 2.50 bits per heavy atom. The van der Waals surface area contributed by atoms with Crippen molar-refractivity contribution in [2.24, 2.45) is 5.10 Å². The van der Waals surface area contributed by atoms with E-state index in [4.69, 9.17) is 27.4 Å². The Labute approximate surface area is 238 Å². The summed E-state index contributed by atoms with van der Waals surface area (Å²) in [5.74, 6) is -1.48. The Kier molecular flexibility index (Phi) is 8.23. The van der Waals surface area contributed by atoms with Crippen molar-refractivity contribution in [3.8, 4) is 0 Å². The third-order valence-corrected chi connectivity index (χ3v) is 7.48. The lowest BCUT2D eigenvalue weighted by Crippen LogP contribution is -2.39. The van der Waals surface area contributed by atoms with Crippen molar-refractivity contribution >= 4 is 68.2 Å². The second kappa shape index (κ2) is 11.5. The number of carbonyl (C=O) groups is 2. The molecule has 13 nitrogen and oxygen atoms in total. The first-order valence-electron chi connectivity index (χ1n) is 11.4. The molecule has 0 aliphatic carbocycles. The van der Waals surface area contributed by atoms with Gasteiger partial charge in [0.2, 0.25) is 11.8 Å². The number of rotatable bonds is 7. The maximum atomic E-state index is 13.6. The molecule has 0 spiro atoms. The van der Waals surface area contributed by atoms with Crippen molar-refractivity contribution in [1.29, 1.82) is 0 Å². The van der Waals surface area contributed by atoms with Gasteiger partial charge in [0.25, 0.3) is 11.6 Å². The Bertz CT molecular complexity index is 1650. The number of nitrogens with zero attached hydrogens (tertiary/aromatic N) is 4. The van der Waals surface area contributed by atoms with Crippen LogP contribution in [0.2, 0.25) is 10.0 Å². The molecule has 1 aliphatic heterocycles. The summed E-state index contributed by atoms with van der Waals surface area (Å²) < 4.78 is 31.0. The van der Waals surface area contributed by atoms with E-state index in [2.05, 4.69) is 20.7 Å². The molecule has 4 rings (SSSR count). The van der Waals surface area contributed by atoms with Crippen molar-refractivity contribution in [2.75, 3.05) is 17.4 Å². The number of nitrogens with one attached hydrogen (secondary N) is 2. The fourth-order valence-corrected chi connectivity index (χ4v) is 5.22. The molecule has 0 bridgehead atoms. The fourth-order valence-electron chi connectivity index (χ4n) is 3.82.